The molecule has 148 valence electrons. The van der Waals surface area contributed by atoms with Crippen molar-refractivity contribution in [2.24, 2.45) is 11.8 Å². The van der Waals surface area contributed by atoms with E-state index in [1.165, 1.54) is 52.1 Å². The molecule has 1 rings (SSSR count). The van der Waals surface area contributed by atoms with Crippen LogP contribution in [0.15, 0.2) is 0 Å². The van der Waals surface area contributed by atoms with Gasteiger partial charge in [-0.3, -0.25) is 4.79 Å². The molecule has 0 aliphatic carbocycles. The van der Waals surface area contributed by atoms with Crippen LogP contribution < -0.4 is 0 Å². The molecule has 1 saturated heterocycles. The largest absolute Gasteiger partial charge is 0.469 e. The average molecular weight is 357 g/mol. The van der Waals surface area contributed by atoms with Crippen LogP contribution in [-0.2, 0) is 14.3 Å². The summed E-state index contributed by atoms with van der Waals surface area (Å²) in [5.74, 6) is 0.836. The summed E-state index contributed by atoms with van der Waals surface area (Å²) in [4.78, 5) is 11.0. The minimum absolute atomic E-state index is 0.108. The van der Waals surface area contributed by atoms with Crippen molar-refractivity contribution < 1.29 is 19.4 Å². The quantitative estimate of drug-likeness (QED) is 0.342. The molecule has 0 radical (unpaired) electrons. The number of hydrogen-bond acceptors (Lipinski definition) is 4. The van der Waals surface area contributed by atoms with E-state index >= 15 is 0 Å². The van der Waals surface area contributed by atoms with Gasteiger partial charge in [-0.1, -0.05) is 64.7 Å². The fourth-order valence-corrected chi connectivity index (χ4v) is 3.79. The van der Waals surface area contributed by atoms with Crippen LogP contribution >= 0.6 is 0 Å². The Kier molecular flexibility index (Phi) is 13.1. The number of rotatable bonds is 14. The molecule has 0 bridgehead atoms. The SMILES string of the molecule is CCCCCCCC1COC(O)C(CCCCCCCC(=O)OC)C1. The summed E-state index contributed by atoms with van der Waals surface area (Å²) < 4.78 is 10.3. The van der Waals surface area contributed by atoms with Crippen molar-refractivity contribution in [3.8, 4) is 0 Å². The molecule has 3 unspecified atom stereocenters. The van der Waals surface area contributed by atoms with E-state index in [1.54, 1.807) is 0 Å². The molecule has 4 nitrogen and oxygen atoms in total. The van der Waals surface area contributed by atoms with Crippen LogP contribution in [0.5, 0.6) is 0 Å². The van der Waals surface area contributed by atoms with E-state index in [0.29, 0.717) is 18.3 Å². The summed E-state index contributed by atoms with van der Waals surface area (Å²) in [6.07, 6.45) is 15.5. The zero-order valence-corrected chi connectivity index (χ0v) is 16.5. The lowest BCUT2D eigenvalue weighted by atomic mass is 9.85. The van der Waals surface area contributed by atoms with E-state index in [-0.39, 0.29) is 5.97 Å². The highest BCUT2D eigenvalue weighted by atomic mass is 16.6. The lowest BCUT2D eigenvalue weighted by molar-refractivity contribution is -0.177. The van der Waals surface area contributed by atoms with Crippen LogP contribution in [0, 0.1) is 11.8 Å². The van der Waals surface area contributed by atoms with Gasteiger partial charge in [0.25, 0.3) is 0 Å². The maximum atomic E-state index is 11.0. The fourth-order valence-electron chi connectivity index (χ4n) is 3.79. The molecule has 1 aliphatic rings. The first-order valence-corrected chi connectivity index (χ1v) is 10.5. The van der Waals surface area contributed by atoms with Crippen molar-refractivity contribution in [3.63, 3.8) is 0 Å². The van der Waals surface area contributed by atoms with Crippen molar-refractivity contribution in [2.45, 2.75) is 103 Å². The second-order valence-corrected chi connectivity index (χ2v) is 7.67. The van der Waals surface area contributed by atoms with Crippen LogP contribution in [0.2, 0.25) is 0 Å². The van der Waals surface area contributed by atoms with Gasteiger partial charge >= 0.3 is 5.97 Å². The van der Waals surface area contributed by atoms with Crippen molar-refractivity contribution in [1.82, 2.24) is 0 Å². The molecule has 25 heavy (non-hydrogen) atoms. The number of hydrogen-bond donors (Lipinski definition) is 1. The number of unbranched alkanes of at least 4 members (excludes halogenated alkanes) is 8. The number of aliphatic hydroxyl groups is 1. The van der Waals surface area contributed by atoms with Gasteiger partial charge < -0.3 is 14.6 Å². The Bertz CT molecular complexity index is 332. The molecular weight excluding hydrogens is 316 g/mol. The Hall–Kier alpha value is -0.610. The molecule has 0 spiro atoms. The monoisotopic (exact) mass is 356 g/mol. The number of esters is 1. The number of methoxy groups -OCH3 is 1. The first kappa shape index (κ1) is 22.4. The summed E-state index contributed by atoms with van der Waals surface area (Å²) in [6, 6.07) is 0. The Morgan fingerprint density at radius 2 is 1.64 bits per heavy atom. The molecule has 0 aromatic heterocycles. The van der Waals surface area contributed by atoms with E-state index < -0.39 is 6.29 Å². The van der Waals surface area contributed by atoms with Crippen molar-refractivity contribution in [1.29, 1.82) is 0 Å². The number of carbonyl (C=O) groups is 1. The summed E-state index contributed by atoms with van der Waals surface area (Å²) >= 11 is 0. The number of carbonyl (C=O) groups excluding carboxylic acids is 1. The van der Waals surface area contributed by atoms with Gasteiger partial charge in [-0.15, -0.1) is 0 Å². The third-order valence-corrected chi connectivity index (χ3v) is 5.44. The van der Waals surface area contributed by atoms with Crippen molar-refractivity contribution in [3.05, 3.63) is 0 Å². The zero-order chi connectivity index (χ0) is 18.3. The Labute approximate surface area is 154 Å². The molecule has 1 N–H and O–H groups in total. The van der Waals surface area contributed by atoms with Crippen LogP contribution in [-0.4, -0.2) is 31.1 Å². The fraction of sp³-hybridized carbons (Fsp3) is 0.952. The minimum atomic E-state index is -0.560. The first-order chi connectivity index (χ1) is 12.2. The third kappa shape index (κ3) is 10.9. The van der Waals surface area contributed by atoms with Crippen LogP contribution in [0.1, 0.15) is 96.8 Å². The minimum Gasteiger partial charge on any atom is -0.469 e. The topological polar surface area (TPSA) is 55.8 Å². The molecule has 1 aliphatic heterocycles. The highest BCUT2D eigenvalue weighted by molar-refractivity contribution is 5.68. The second kappa shape index (κ2) is 14.5. The normalized spacial score (nSPS) is 23.6. The highest BCUT2D eigenvalue weighted by Crippen LogP contribution is 2.31. The molecule has 0 saturated carbocycles. The van der Waals surface area contributed by atoms with Gasteiger partial charge in [-0.2, -0.15) is 0 Å². The highest BCUT2D eigenvalue weighted by Gasteiger charge is 2.29. The molecule has 3 atom stereocenters. The average Bonchev–Trinajstić information content (AvgIpc) is 2.62. The Balaban J connectivity index is 2.06. The summed E-state index contributed by atoms with van der Waals surface area (Å²) in [6.45, 7) is 2.99. The van der Waals surface area contributed by atoms with Crippen molar-refractivity contribution >= 4 is 5.97 Å². The predicted octanol–water partition coefficient (Wildman–Crippen LogP) is 5.22. The molecule has 0 amide bonds. The van der Waals surface area contributed by atoms with E-state index in [0.717, 1.165) is 45.1 Å². The van der Waals surface area contributed by atoms with Gasteiger partial charge in [0, 0.05) is 12.3 Å². The Morgan fingerprint density at radius 1 is 1.00 bits per heavy atom. The molecule has 1 fully saturated rings. The van der Waals surface area contributed by atoms with Crippen molar-refractivity contribution in [2.75, 3.05) is 13.7 Å². The maximum absolute atomic E-state index is 11.0. The Morgan fingerprint density at radius 3 is 2.36 bits per heavy atom. The van der Waals surface area contributed by atoms with Gasteiger partial charge in [0.2, 0.25) is 0 Å². The molecule has 4 heteroatoms. The smallest absolute Gasteiger partial charge is 0.305 e. The van der Waals surface area contributed by atoms with E-state index in [2.05, 4.69) is 11.7 Å². The van der Waals surface area contributed by atoms with Gasteiger partial charge in [0.15, 0.2) is 6.29 Å². The van der Waals surface area contributed by atoms with Gasteiger partial charge in [0.1, 0.15) is 0 Å². The van der Waals surface area contributed by atoms with E-state index in [4.69, 9.17) is 4.74 Å². The van der Waals surface area contributed by atoms with Gasteiger partial charge in [-0.25, -0.2) is 0 Å². The summed E-state index contributed by atoms with van der Waals surface area (Å²) in [5, 5.41) is 10.1. The second-order valence-electron chi connectivity index (χ2n) is 7.67. The lowest BCUT2D eigenvalue weighted by Crippen LogP contribution is -2.34. The van der Waals surface area contributed by atoms with Crippen LogP contribution in [0.4, 0.5) is 0 Å². The first-order valence-electron chi connectivity index (χ1n) is 10.5. The zero-order valence-electron chi connectivity index (χ0n) is 16.5. The van der Waals surface area contributed by atoms with Gasteiger partial charge in [0.05, 0.1) is 13.7 Å². The van der Waals surface area contributed by atoms with Crippen LogP contribution in [0.25, 0.3) is 0 Å². The molecule has 0 aromatic rings. The van der Waals surface area contributed by atoms with Gasteiger partial charge in [-0.05, 0) is 31.6 Å². The standard InChI is InChI=1S/C21H40O4/c1-3-4-5-7-10-13-18-16-19(21(23)25-17-18)14-11-8-6-9-12-15-20(22)24-2/h18-19,21,23H,3-17H2,1-2H3. The van der Waals surface area contributed by atoms with E-state index in [9.17, 15) is 9.90 Å². The number of aliphatic hydroxyl groups excluding tert-OH is 1. The van der Waals surface area contributed by atoms with Crippen LogP contribution in [0.3, 0.4) is 0 Å². The molecule has 0 aromatic carbocycles. The molecule has 1 heterocycles. The molecular formula is C21H40O4. The third-order valence-electron chi connectivity index (χ3n) is 5.44. The summed E-state index contributed by atoms with van der Waals surface area (Å²) in [7, 11) is 1.44. The van der Waals surface area contributed by atoms with E-state index in [1.807, 2.05) is 0 Å². The summed E-state index contributed by atoms with van der Waals surface area (Å²) in [5.41, 5.74) is 0. The lowest BCUT2D eigenvalue weighted by Gasteiger charge is -2.33. The maximum Gasteiger partial charge on any atom is 0.305 e. The predicted molar refractivity (Wildman–Crippen MR) is 101 cm³/mol. The number of ether oxygens (including phenoxy) is 2.